The molecule has 3 N–H and O–H groups in total. The number of hydrazine groups is 1. The van der Waals surface area contributed by atoms with E-state index in [-0.39, 0.29) is 0 Å². The quantitative estimate of drug-likeness (QED) is 0.436. The van der Waals surface area contributed by atoms with Gasteiger partial charge >= 0.3 is 11.8 Å². The number of likely N-dealkylation sites (N-methyl/N-ethyl adjacent to an activating group) is 1. The van der Waals surface area contributed by atoms with E-state index in [0.29, 0.717) is 32.0 Å². The number of rotatable bonds is 4. The molecule has 7 heteroatoms. The fraction of sp³-hybridized carbons (Fsp3) is 0.417. The number of hydrogen-bond donors (Lipinski definition) is 2. The van der Waals surface area contributed by atoms with Crippen LogP contribution in [0.4, 0.5) is 5.82 Å². The summed E-state index contributed by atoms with van der Waals surface area (Å²) in [6.07, 6.45) is 1.61. The third-order valence-electron chi connectivity index (χ3n) is 3.12. The standard InChI is InChI=1S/C12H17N5O2/c1-2-16-5-6-17(12(19)11(16)18)8-9-3-4-14-10(7-9)15-13/h3-4,7H,2,5-6,8,13H2,1H3,(H,14,15). The molecule has 0 aliphatic carbocycles. The molecule has 0 saturated carbocycles. The first-order valence-electron chi connectivity index (χ1n) is 6.15. The van der Waals surface area contributed by atoms with E-state index in [1.807, 2.05) is 6.92 Å². The number of nitrogens with one attached hydrogen (secondary N) is 1. The summed E-state index contributed by atoms with van der Waals surface area (Å²) in [5.74, 6) is 4.93. The largest absolute Gasteiger partial charge is 0.333 e. The highest BCUT2D eigenvalue weighted by Crippen LogP contribution is 2.12. The third-order valence-corrected chi connectivity index (χ3v) is 3.12. The third kappa shape index (κ3) is 2.82. The molecule has 1 aromatic rings. The lowest BCUT2D eigenvalue weighted by atomic mass is 10.2. The number of nitrogens with zero attached hydrogens (tertiary/aromatic N) is 3. The van der Waals surface area contributed by atoms with Crippen molar-refractivity contribution in [2.75, 3.05) is 25.1 Å². The van der Waals surface area contributed by atoms with Crippen molar-refractivity contribution in [3.63, 3.8) is 0 Å². The fourth-order valence-corrected chi connectivity index (χ4v) is 2.04. The Bertz CT molecular complexity index is 491. The van der Waals surface area contributed by atoms with Crippen LogP contribution in [-0.2, 0) is 16.1 Å². The molecule has 2 heterocycles. The van der Waals surface area contributed by atoms with Crippen molar-refractivity contribution in [2.45, 2.75) is 13.5 Å². The molecule has 102 valence electrons. The Morgan fingerprint density at radius 1 is 1.32 bits per heavy atom. The van der Waals surface area contributed by atoms with Crippen LogP contribution in [0, 0.1) is 0 Å². The van der Waals surface area contributed by atoms with Crippen LogP contribution in [0.25, 0.3) is 0 Å². The molecular formula is C12H17N5O2. The van der Waals surface area contributed by atoms with Crippen LogP contribution in [0.3, 0.4) is 0 Å². The molecule has 7 nitrogen and oxygen atoms in total. The number of hydrogen-bond acceptors (Lipinski definition) is 5. The lowest BCUT2D eigenvalue weighted by Crippen LogP contribution is -2.53. The van der Waals surface area contributed by atoms with Gasteiger partial charge in [-0.1, -0.05) is 0 Å². The summed E-state index contributed by atoms with van der Waals surface area (Å²) in [6.45, 7) is 3.94. The average Bonchev–Trinajstić information content (AvgIpc) is 2.44. The van der Waals surface area contributed by atoms with Gasteiger partial charge in [0.05, 0.1) is 0 Å². The Morgan fingerprint density at radius 3 is 2.68 bits per heavy atom. The van der Waals surface area contributed by atoms with Gasteiger partial charge in [-0.05, 0) is 24.6 Å². The molecule has 0 bridgehead atoms. The molecule has 19 heavy (non-hydrogen) atoms. The summed E-state index contributed by atoms with van der Waals surface area (Å²) in [7, 11) is 0. The van der Waals surface area contributed by atoms with E-state index in [9.17, 15) is 9.59 Å². The molecule has 0 aromatic carbocycles. The Morgan fingerprint density at radius 2 is 2.00 bits per heavy atom. The highest BCUT2D eigenvalue weighted by atomic mass is 16.2. The van der Waals surface area contributed by atoms with Crippen molar-refractivity contribution in [1.82, 2.24) is 14.8 Å². The maximum absolute atomic E-state index is 11.9. The molecule has 2 amide bonds. The Hall–Kier alpha value is -2.15. The molecule has 0 spiro atoms. The molecule has 0 radical (unpaired) electrons. The van der Waals surface area contributed by atoms with Crippen LogP contribution in [0.15, 0.2) is 18.3 Å². The van der Waals surface area contributed by atoms with Gasteiger partial charge in [0.25, 0.3) is 0 Å². The van der Waals surface area contributed by atoms with Gasteiger partial charge in [-0.25, -0.2) is 10.8 Å². The lowest BCUT2D eigenvalue weighted by molar-refractivity contribution is -0.156. The van der Waals surface area contributed by atoms with Crippen LogP contribution in [-0.4, -0.2) is 46.2 Å². The van der Waals surface area contributed by atoms with Gasteiger partial charge in [0.1, 0.15) is 5.82 Å². The van der Waals surface area contributed by atoms with Crippen molar-refractivity contribution in [3.05, 3.63) is 23.9 Å². The topological polar surface area (TPSA) is 91.6 Å². The van der Waals surface area contributed by atoms with Crippen molar-refractivity contribution in [2.24, 2.45) is 5.84 Å². The zero-order valence-corrected chi connectivity index (χ0v) is 10.8. The van der Waals surface area contributed by atoms with E-state index in [2.05, 4.69) is 10.4 Å². The maximum atomic E-state index is 11.9. The number of carbonyl (C=O) groups excluding carboxylic acids is 2. The molecule has 1 saturated heterocycles. The summed E-state index contributed by atoms with van der Waals surface area (Å²) < 4.78 is 0. The number of pyridine rings is 1. The summed E-state index contributed by atoms with van der Waals surface area (Å²) in [5, 5.41) is 0. The maximum Gasteiger partial charge on any atom is 0.312 e. The fourth-order valence-electron chi connectivity index (χ4n) is 2.04. The van der Waals surface area contributed by atoms with E-state index < -0.39 is 11.8 Å². The molecule has 1 aliphatic rings. The van der Waals surface area contributed by atoms with Crippen LogP contribution < -0.4 is 11.3 Å². The number of piperazine rings is 1. The van der Waals surface area contributed by atoms with Crippen molar-refractivity contribution in [3.8, 4) is 0 Å². The minimum Gasteiger partial charge on any atom is -0.333 e. The van der Waals surface area contributed by atoms with E-state index in [1.165, 1.54) is 0 Å². The Kier molecular flexibility index (Phi) is 3.96. The smallest absolute Gasteiger partial charge is 0.312 e. The zero-order valence-electron chi connectivity index (χ0n) is 10.8. The highest BCUT2D eigenvalue weighted by molar-refractivity contribution is 6.35. The van der Waals surface area contributed by atoms with Crippen molar-refractivity contribution in [1.29, 1.82) is 0 Å². The molecule has 0 atom stereocenters. The molecular weight excluding hydrogens is 246 g/mol. The highest BCUT2D eigenvalue weighted by Gasteiger charge is 2.31. The van der Waals surface area contributed by atoms with E-state index in [1.54, 1.807) is 28.1 Å². The molecule has 1 aromatic heterocycles. The second kappa shape index (κ2) is 5.66. The van der Waals surface area contributed by atoms with E-state index in [0.717, 1.165) is 5.56 Å². The van der Waals surface area contributed by atoms with Crippen LogP contribution >= 0.6 is 0 Å². The first-order chi connectivity index (χ1) is 9.15. The number of nitrogen functional groups attached to an aromatic ring is 1. The predicted molar refractivity (Wildman–Crippen MR) is 69.7 cm³/mol. The number of anilines is 1. The second-order valence-corrected chi connectivity index (χ2v) is 4.31. The van der Waals surface area contributed by atoms with Crippen LogP contribution in [0.5, 0.6) is 0 Å². The number of amides is 2. The Balaban J connectivity index is 2.07. The predicted octanol–water partition coefficient (Wildman–Crippen LogP) is -0.442. The molecule has 2 rings (SSSR count). The van der Waals surface area contributed by atoms with E-state index in [4.69, 9.17) is 5.84 Å². The minimum atomic E-state index is -0.452. The minimum absolute atomic E-state index is 0.388. The van der Waals surface area contributed by atoms with Crippen molar-refractivity contribution < 1.29 is 9.59 Å². The summed E-state index contributed by atoms with van der Waals surface area (Å²) in [6, 6.07) is 3.55. The van der Waals surface area contributed by atoms with Crippen molar-refractivity contribution >= 4 is 17.6 Å². The first-order valence-corrected chi connectivity index (χ1v) is 6.15. The zero-order chi connectivity index (χ0) is 13.8. The monoisotopic (exact) mass is 263 g/mol. The first kappa shape index (κ1) is 13.3. The Labute approximate surface area is 111 Å². The molecule has 1 fully saturated rings. The summed E-state index contributed by atoms with van der Waals surface area (Å²) in [4.78, 5) is 30.8. The van der Waals surface area contributed by atoms with Gasteiger partial charge in [0.2, 0.25) is 0 Å². The number of aromatic nitrogens is 1. The summed E-state index contributed by atoms with van der Waals surface area (Å²) in [5.41, 5.74) is 3.33. The van der Waals surface area contributed by atoms with Gasteiger partial charge in [-0.15, -0.1) is 0 Å². The molecule has 1 aliphatic heterocycles. The van der Waals surface area contributed by atoms with Gasteiger partial charge in [0, 0.05) is 32.4 Å². The lowest BCUT2D eigenvalue weighted by Gasteiger charge is -2.33. The average molecular weight is 263 g/mol. The van der Waals surface area contributed by atoms with Gasteiger partial charge < -0.3 is 15.2 Å². The van der Waals surface area contributed by atoms with Crippen LogP contribution in [0.2, 0.25) is 0 Å². The van der Waals surface area contributed by atoms with Gasteiger partial charge in [-0.3, -0.25) is 9.59 Å². The second-order valence-electron chi connectivity index (χ2n) is 4.31. The summed E-state index contributed by atoms with van der Waals surface area (Å²) >= 11 is 0. The van der Waals surface area contributed by atoms with Crippen LogP contribution in [0.1, 0.15) is 12.5 Å². The van der Waals surface area contributed by atoms with Gasteiger partial charge in [0.15, 0.2) is 0 Å². The SMILES string of the molecule is CCN1CCN(Cc2ccnc(NN)c2)C(=O)C1=O. The molecule has 0 unspecified atom stereocenters. The normalized spacial score (nSPS) is 15.9. The number of nitrogens with two attached hydrogens (primary N) is 1. The van der Waals surface area contributed by atoms with Gasteiger partial charge in [-0.2, -0.15) is 0 Å². The van der Waals surface area contributed by atoms with E-state index >= 15 is 0 Å². The number of carbonyl (C=O) groups is 2.